The van der Waals surface area contributed by atoms with E-state index < -0.39 is 22.0 Å². The molecule has 2 aromatic rings. The average Bonchev–Trinajstić information content (AvgIpc) is 2.82. The molecule has 1 atom stereocenters. The standard InChI is InChI=1S/C23H25ClN4O4S/c1-16(2)21(26-22(29)18-8-4-5-9-19(18)24)23(30)27-11-13-28(14-12-27)33(31,32)20-10-6-3-7-17(20)15-25/h3-10,16,21H,11-14H2,1-2H3,(H,26,29)/t21-/m0/s1. The molecule has 174 valence electrons. The van der Waals surface area contributed by atoms with Crippen molar-refractivity contribution in [2.45, 2.75) is 24.8 Å². The molecular formula is C23H25ClN4O4S. The number of rotatable bonds is 6. The first kappa shape index (κ1) is 24.7. The molecule has 2 amide bonds. The van der Waals surface area contributed by atoms with Crippen LogP contribution in [0.4, 0.5) is 0 Å². The lowest BCUT2D eigenvalue weighted by Gasteiger charge is -2.36. The molecule has 0 aromatic heterocycles. The molecule has 1 aliphatic heterocycles. The van der Waals surface area contributed by atoms with Gasteiger partial charge in [-0.3, -0.25) is 9.59 Å². The normalized spacial score (nSPS) is 15.7. The Balaban J connectivity index is 1.70. The number of sulfonamides is 1. The molecule has 0 bridgehead atoms. The van der Waals surface area contributed by atoms with E-state index in [1.54, 1.807) is 41.3 Å². The molecule has 0 aliphatic carbocycles. The Morgan fingerprint density at radius 1 is 1.03 bits per heavy atom. The third-order valence-corrected chi connectivity index (χ3v) is 7.80. The number of nitrogens with one attached hydrogen (secondary N) is 1. The summed E-state index contributed by atoms with van der Waals surface area (Å²) >= 11 is 6.10. The van der Waals surface area contributed by atoms with Crippen LogP contribution >= 0.6 is 11.6 Å². The number of benzene rings is 2. The van der Waals surface area contributed by atoms with Gasteiger partial charge in [-0.05, 0) is 30.2 Å². The highest BCUT2D eigenvalue weighted by atomic mass is 35.5. The number of nitrogens with zero attached hydrogens (tertiary/aromatic N) is 3. The van der Waals surface area contributed by atoms with Gasteiger partial charge in [0, 0.05) is 26.2 Å². The smallest absolute Gasteiger partial charge is 0.253 e. The van der Waals surface area contributed by atoms with E-state index in [-0.39, 0.29) is 54.0 Å². The zero-order valence-electron chi connectivity index (χ0n) is 18.4. The zero-order chi connectivity index (χ0) is 24.2. The van der Waals surface area contributed by atoms with Gasteiger partial charge in [0.2, 0.25) is 15.9 Å². The zero-order valence-corrected chi connectivity index (χ0v) is 19.9. The highest BCUT2D eigenvalue weighted by Gasteiger charge is 2.35. The number of nitriles is 1. The number of halogens is 1. The largest absolute Gasteiger partial charge is 0.340 e. The minimum absolute atomic E-state index is 0.0423. The minimum atomic E-state index is -3.86. The SMILES string of the molecule is CC(C)[C@H](NC(=O)c1ccccc1Cl)C(=O)N1CCN(S(=O)(=O)c2ccccc2C#N)CC1. The van der Waals surface area contributed by atoms with Crippen molar-refractivity contribution in [1.29, 1.82) is 5.26 Å². The Bertz CT molecular complexity index is 1180. The molecular weight excluding hydrogens is 464 g/mol. The fourth-order valence-corrected chi connectivity index (χ4v) is 5.43. The van der Waals surface area contributed by atoms with Gasteiger partial charge in [0.05, 0.1) is 21.0 Å². The predicted molar refractivity (Wildman–Crippen MR) is 124 cm³/mol. The Morgan fingerprint density at radius 3 is 2.24 bits per heavy atom. The maximum Gasteiger partial charge on any atom is 0.253 e. The van der Waals surface area contributed by atoms with Crippen molar-refractivity contribution < 1.29 is 18.0 Å². The van der Waals surface area contributed by atoms with Crippen LogP contribution in [0.25, 0.3) is 0 Å². The number of amides is 2. The van der Waals surface area contributed by atoms with Crippen LogP contribution in [-0.4, -0.2) is 61.7 Å². The van der Waals surface area contributed by atoms with Gasteiger partial charge in [-0.25, -0.2) is 8.42 Å². The molecule has 1 N–H and O–H groups in total. The van der Waals surface area contributed by atoms with Crippen LogP contribution in [0.3, 0.4) is 0 Å². The van der Waals surface area contributed by atoms with Gasteiger partial charge in [0.25, 0.3) is 5.91 Å². The second-order valence-corrected chi connectivity index (χ2v) is 10.3. The number of hydrogen-bond acceptors (Lipinski definition) is 5. The van der Waals surface area contributed by atoms with Gasteiger partial charge in [-0.1, -0.05) is 49.7 Å². The second-order valence-electron chi connectivity index (χ2n) is 8.01. The van der Waals surface area contributed by atoms with E-state index in [0.29, 0.717) is 5.02 Å². The van der Waals surface area contributed by atoms with Crippen LogP contribution in [0.1, 0.15) is 29.8 Å². The lowest BCUT2D eigenvalue weighted by Crippen LogP contribution is -2.57. The van der Waals surface area contributed by atoms with E-state index in [1.807, 2.05) is 19.9 Å². The summed E-state index contributed by atoms with van der Waals surface area (Å²) in [7, 11) is -3.86. The Kier molecular flexibility index (Phi) is 7.74. The number of carbonyl (C=O) groups is 2. The Labute approximate surface area is 198 Å². The van der Waals surface area contributed by atoms with E-state index in [0.717, 1.165) is 0 Å². The van der Waals surface area contributed by atoms with Crippen LogP contribution in [0, 0.1) is 17.2 Å². The van der Waals surface area contributed by atoms with E-state index in [1.165, 1.54) is 16.4 Å². The summed E-state index contributed by atoms with van der Waals surface area (Å²) in [5.41, 5.74) is 0.364. The van der Waals surface area contributed by atoms with Crippen LogP contribution < -0.4 is 5.32 Å². The van der Waals surface area contributed by atoms with E-state index >= 15 is 0 Å². The predicted octanol–water partition coefficient (Wildman–Crippen LogP) is 2.50. The lowest BCUT2D eigenvalue weighted by atomic mass is 10.0. The van der Waals surface area contributed by atoms with Gasteiger partial charge < -0.3 is 10.2 Å². The number of piperazine rings is 1. The summed E-state index contributed by atoms with van der Waals surface area (Å²) in [6, 6.07) is 13.8. The van der Waals surface area contributed by atoms with Gasteiger partial charge in [-0.15, -0.1) is 0 Å². The Morgan fingerprint density at radius 2 is 1.64 bits per heavy atom. The fraction of sp³-hybridized carbons (Fsp3) is 0.348. The summed E-state index contributed by atoms with van der Waals surface area (Å²) in [5.74, 6) is -0.907. The summed E-state index contributed by atoms with van der Waals surface area (Å²) < 4.78 is 27.3. The maximum atomic E-state index is 13.2. The lowest BCUT2D eigenvalue weighted by molar-refractivity contribution is -0.135. The average molecular weight is 489 g/mol. The second kappa shape index (κ2) is 10.3. The van der Waals surface area contributed by atoms with Crippen molar-refractivity contribution in [2.75, 3.05) is 26.2 Å². The number of carbonyl (C=O) groups excluding carboxylic acids is 2. The highest BCUT2D eigenvalue weighted by molar-refractivity contribution is 7.89. The first-order chi connectivity index (χ1) is 15.7. The van der Waals surface area contributed by atoms with Crippen molar-refractivity contribution >= 4 is 33.4 Å². The van der Waals surface area contributed by atoms with Crippen molar-refractivity contribution in [3.05, 3.63) is 64.7 Å². The highest BCUT2D eigenvalue weighted by Crippen LogP contribution is 2.22. The molecule has 1 saturated heterocycles. The molecule has 2 aromatic carbocycles. The topological polar surface area (TPSA) is 111 Å². The summed E-state index contributed by atoms with van der Waals surface area (Å²) in [5, 5.41) is 12.3. The van der Waals surface area contributed by atoms with Crippen LogP contribution in [0.2, 0.25) is 5.02 Å². The maximum absolute atomic E-state index is 13.2. The molecule has 0 spiro atoms. The molecule has 0 saturated carbocycles. The molecule has 1 fully saturated rings. The molecule has 1 aliphatic rings. The Hall–Kier alpha value is -2.93. The van der Waals surface area contributed by atoms with Gasteiger partial charge in [0.15, 0.2) is 0 Å². The van der Waals surface area contributed by atoms with Crippen molar-refractivity contribution in [3.63, 3.8) is 0 Å². The van der Waals surface area contributed by atoms with Crippen molar-refractivity contribution in [1.82, 2.24) is 14.5 Å². The third-order valence-electron chi connectivity index (χ3n) is 5.51. The molecule has 10 heteroatoms. The first-order valence-electron chi connectivity index (χ1n) is 10.5. The fourth-order valence-electron chi connectivity index (χ4n) is 3.65. The monoisotopic (exact) mass is 488 g/mol. The molecule has 0 radical (unpaired) electrons. The van der Waals surface area contributed by atoms with Gasteiger partial charge in [-0.2, -0.15) is 9.57 Å². The molecule has 3 rings (SSSR count). The van der Waals surface area contributed by atoms with E-state index in [2.05, 4.69) is 5.32 Å². The van der Waals surface area contributed by atoms with Crippen molar-refractivity contribution in [2.24, 2.45) is 5.92 Å². The minimum Gasteiger partial charge on any atom is -0.340 e. The summed E-state index contributed by atoms with van der Waals surface area (Å²) in [6.07, 6.45) is 0. The number of hydrogen-bond donors (Lipinski definition) is 1. The molecule has 0 unspecified atom stereocenters. The summed E-state index contributed by atoms with van der Waals surface area (Å²) in [6.45, 7) is 4.20. The first-order valence-corrected chi connectivity index (χ1v) is 12.3. The molecule has 1 heterocycles. The van der Waals surface area contributed by atoms with Gasteiger partial charge >= 0.3 is 0 Å². The quantitative estimate of drug-likeness (QED) is 0.671. The molecule has 8 nitrogen and oxygen atoms in total. The van der Waals surface area contributed by atoms with Crippen LogP contribution in [-0.2, 0) is 14.8 Å². The third kappa shape index (κ3) is 5.36. The summed E-state index contributed by atoms with van der Waals surface area (Å²) in [4.78, 5) is 27.4. The molecule has 33 heavy (non-hydrogen) atoms. The van der Waals surface area contributed by atoms with Crippen LogP contribution in [0.15, 0.2) is 53.4 Å². The van der Waals surface area contributed by atoms with E-state index in [9.17, 15) is 23.3 Å². The van der Waals surface area contributed by atoms with Crippen LogP contribution in [0.5, 0.6) is 0 Å². The van der Waals surface area contributed by atoms with Gasteiger partial charge in [0.1, 0.15) is 12.1 Å². The van der Waals surface area contributed by atoms with E-state index in [4.69, 9.17) is 11.6 Å². The van der Waals surface area contributed by atoms with Crippen molar-refractivity contribution in [3.8, 4) is 6.07 Å².